The molecule has 0 bridgehead atoms. The minimum atomic E-state index is -0.231. The second kappa shape index (κ2) is 6.03. The maximum Gasteiger partial charge on any atom is 0.270 e. The van der Waals surface area contributed by atoms with Crippen molar-refractivity contribution in [2.45, 2.75) is 20.4 Å². The fourth-order valence-corrected chi connectivity index (χ4v) is 3.92. The third-order valence-corrected chi connectivity index (χ3v) is 5.18. The third-order valence-electron chi connectivity index (χ3n) is 4.08. The molecule has 0 atom stereocenters. The summed E-state index contributed by atoms with van der Waals surface area (Å²) < 4.78 is 15.8. The van der Waals surface area contributed by atoms with Gasteiger partial charge in [-0.1, -0.05) is 11.3 Å². The molecule has 1 amide bonds. The first kappa shape index (κ1) is 15.9. The summed E-state index contributed by atoms with van der Waals surface area (Å²) in [5, 5.41) is 4.31. The van der Waals surface area contributed by atoms with Gasteiger partial charge in [-0.2, -0.15) is 10.1 Å². The van der Waals surface area contributed by atoms with Crippen LogP contribution in [0.25, 0.3) is 10.2 Å². The summed E-state index contributed by atoms with van der Waals surface area (Å²) in [6.07, 6.45) is 0. The van der Waals surface area contributed by atoms with Gasteiger partial charge in [0.05, 0.1) is 15.9 Å². The van der Waals surface area contributed by atoms with Gasteiger partial charge in [0, 0.05) is 24.9 Å². The minimum Gasteiger partial charge on any atom is -0.486 e. The number of aryl methyl sites for hydroxylation is 3. The second-order valence-electron chi connectivity index (χ2n) is 6.00. The predicted molar refractivity (Wildman–Crippen MR) is 94.1 cm³/mol. The van der Waals surface area contributed by atoms with E-state index in [1.165, 1.54) is 11.3 Å². The molecular weight excluding hydrogens is 340 g/mol. The minimum absolute atomic E-state index is 0.136. The Bertz CT molecular complexity index is 1040. The number of carbonyl (C=O) groups excluding carboxylic acids is 1. The van der Waals surface area contributed by atoms with Gasteiger partial charge in [0.15, 0.2) is 16.3 Å². The van der Waals surface area contributed by atoms with Crippen LogP contribution in [0.2, 0.25) is 0 Å². The fourth-order valence-electron chi connectivity index (χ4n) is 2.88. The molecule has 0 N–H and O–H groups in total. The molecule has 1 aliphatic rings. The van der Waals surface area contributed by atoms with Gasteiger partial charge in [-0.05, 0) is 19.9 Å². The Kier molecular flexibility index (Phi) is 3.84. The number of rotatable bonds is 2. The van der Waals surface area contributed by atoms with E-state index in [1.807, 2.05) is 43.7 Å². The van der Waals surface area contributed by atoms with E-state index in [0.717, 1.165) is 33.1 Å². The largest absolute Gasteiger partial charge is 0.486 e. The van der Waals surface area contributed by atoms with Crippen LogP contribution >= 0.6 is 11.3 Å². The van der Waals surface area contributed by atoms with Gasteiger partial charge < -0.3 is 14.0 Å². The predicted octanol–water partition coefficient (Wildman–Crippen LogP) is 1.95. The van der Waals surface area contributed by atoms with E-state index < -0.39 is 0 Å². The first-order valence-electron chi connectivity index (χ1n) is 7.99. The maximum absolute atomic E-state index is 12.3. The van der Waals surface area contributed by atoms with Crippen LogP contribution in [0, 0.1) is 13.8 Å². The van der Waals surface area contributed by atoms with Crippen molar-refractivity contribution in [3.8, 4) is 11.5 Å². The molecule has 130 valence electrons. The highest BCUT2D eigenvalue weighted by Crippen LogP contribution is 2.35. The number of aromatic nitrogens is 3. The normalized spacial score (nSPS) is 14.3. The Morgan fingerprint density at radius 3 is 2.64 bits per heavy atom. The zero-order valence-corrected chi connectivity index (χ0v) is 15.1. The molecule has 3 heterocycles. The van der Waals surface area contributed by atoms with Crippen LogP contribution in [-0.4, -0.2) is 33.5 Å². The molecule has 0 fully saturated rings. The van der Waals surface area contributed by atoms with E-state index in [4.69, 9.17) is 9.47 Å². The van der Waals surface area contributed by atoms with Crippen molar-refractivity contribution in [3.05, 3.63) is 34.4 Å². The molecule has 25 heavy (non-hydrogen) atoms. The third kappa shape index (κ3) is 2.93. The second-order valence-corrected chi connectivity index (χ2v) is 7.01. The van der Waals surface area contributed by atoms with Crippen LogP contribution in [-0.2, 0) is 18.4 Å². The van der Waals surface area contributed by atoms with E-state index in [0.29, 0.717) is 18.0 Å². The molecule has 2 aromatic heterocycles. The monoisotopic (exact) mass is 358 g/mol. The van der Waals surface area contributed by atoms with Crippen LogP contribution in [0.3, 0.4) is 0 Å². The van der Waals surface area contributed by atoms with E-state index in [2.05, 4.69) is 10.1 Å². The lowest BCUT2D eigenvalue weighted by atomic mass is 10.3. The summed E-state index contributed by atoms with van der Waals surface area (Å²) in [5.74, 6) is 1.24. The molecule has 3 aromatic rings. The van der Waals surface area contributed by atoms with Gasteiger partial charge in [-0.25, -0.2) is 0 Å². The molecule has 0 radical (unpaired) electrons. The molecule has 8 heteroatoms. The topological polar surface area (TPSA) is 70.6 Å². The van der Waals surface area contributed by atoms with Gasteiger partial charge in [0.25, 0.3) is 5.91 Å². The lowest BCUT2D eigenvalue weighted by Crippen LogP contribution is -2.17. The van der Waals surface area contributed by atoms with Crippen molar-refractivity contribution in [1.82, 2.24) is 14.3 Å². The molecule has 1 aliphatic heterocycles. The highest BCUT2D eigenvalue weighted by Gasteiger charge is 2.15. The Morgan fingerprint density at radius 2 is 1.96 bits per heavy atom. The van der Waals surface area contributed by atoms with E-state index >= 15 is 0 Å². The number of thiazole rings is 1. The number of hydrogen-bond acceptors (Lipinski definition) is 5. The van der Waals surface area contributed by atoms with Crippen LogP contribution < -0.4 is 14.3 Å². The SMILES string of the molecule is Cc1cc(C)n(CC(=O)N=c2sc3cc4c(cc3n2C)OCCO4)n1. The van der Waals surface area contributed by atoms with Crippen LogP contribution in [0.5, 0.6) is 11.5 Å². The fraction of sp³-hybridized carbons (Fsp3) is 0.353. The Labute approximate surface area is 148 Å². The van der Waals surface area contributed by atoms with E-state index in [1.54, 1.807) is 4.68 Å². The van der Waals surface area contributed by atoms with Gasteiger partial charge in [0.2, 0.25) is 0 Å². The summed E-state index contributed by atoms with van der Waals surface area (Å²) in [4.78, 5) is 17.3. The lowest BCUT2D eigenvalue weighted by Gasteiger charge is -2.18. The van der Waals surface area contributed by atoms with Crippen molar-refractivity contribution in [2.24, 2.45) is 12.0 Å². The zero-order chi connectivity index (χ0) is 17.6. The average Bonchev–Trinajstić information content (AvgIpc) is 3.04. The first-order valence-corrected chi connectivity index (χ1v) is 8.81. The Morgan fingerprint density at radius 1 is 1.24 bits per heavy atom. The van der Waals surface area contributed by atoms with Gasteiger partial charge in [-0.15, -0.1) is 0 Å². The van der Waals surface area contributed by atoms with Crippen LogP contribution in [0.4, 0.5) is 0 Å². The number of fused-ring (bicyclic) bond motifs is 2. The number of benzene rings is 1. The summed E-state index contributed by atoms with van der Waals surface area (Å²) in [6.45, 7) is 5.07. The number of ether oxygens (including phenoxy) is 2. The molecule has 0 spiro atoms. The number of amides is 1. The Balaban J connectivity index is 1.70. The Hall–Kier alpha value is -2.61. The van der Waals surface area contributed by atoms with Crippen LogP contribution in [0.1, 0.15) is 11.4 Å². The van der Waals surface area contributed by atoms with Crippen molar-refractivity contribution in [3.63, 3.8) is 0 Å². The standard InChI is InChI=1S/C17H18N4O3S/c1-10-6-11(2)21(19-10)9-16(22)18-17-20(3)12-7-13-14(8-15(12)25-17)24-5-4-23-13/h6-8H,4-5,9H2,1-3H3. The van der Waals surface area contributed by atoms with Gasteiger partial charge >= 0.3 is 0 Å². The molecule has 7 nitrogen and oxygen atoms in total. The molecule has 1 aromatic carbocycles. The average molecular weight is 358 g/mol. The quantitative estimate of drug-likeness (QED) is 0.702. The van der Waals surface area contributed by atoms with Gasteiger partial charge in [-0.3, -0.25) is 9.48 Å². The van der Waals surface area contributed by atoms with Crippen molar-refractivity contribution >= 4 is 27.5 Å². The number of carbonyl (C=O) groups is 1. The number of nitrogens with zero attached hydrogens (tertiary/aromatic N) is 4. The zero-order valence-electron chi connectivity index (χ0n) is 14.3. The molecule has 0 aliphatic carbocycles. The molecule has 0 unspecified atom stereocenters. The summed E-state index contributed by atoms with van der Waals surface area (Å²) in [5.41, 5.74) is 2.80. The molecule has 0 saturated carbocycles. The van der Waals surface area contributed by atoms with Crippen molar-refractivity contribution < 1.29 is 14.3 Å². The summed E-state index contributed by atoms with van der Waals surface area (Å²) in [7, 11) is 1.89. The molecule has 0 saturated heterocycles. The molecule has 4 rings (SSSR count). The highest BCUT2D eigenvalue weighted by atomic mass is 32.1. The van der Waals surface area contributed by atoms with Crippen molar-refractivity contribution in [1.29, 1.82) is 0 Å². The van der Waals surface area contributed by atoms with E-state index in [9.17, 15) is 4.79 Å². The summed E-state index contributed by atoms with van der Waals surface area (Å²) >= 11 is 1.46. The smallest absolute Gasteiger partial charge is 0.270 e. The first-order chi connectivity index (χ1) is 12.0. The lowest BCUT2D eigenvalue weighted by molar-refractivity contribution is -0.118. The van der Waals surface area contributed by atoms with E-state index in [-0.39, 0.29) is 12.5 Å². The highest BCUT2D eigenvalue weighted by molar-refractivity contribution is 7.16. The maximum atomic E-state index is 12.3. The van der Waals surface area contributed by atoms with Crippen LogP contribution in [0.15, 0.2) is 23.2 Å². The number of hydrogen-bond donors (Lipinski definition) is 0. The molecular formula is C17H18N4O3S. The van der Waals surface area contributed by atoms with Gasteiger partial charge in [0.1, 0.15) is 19.8 Å². The summed E-state index contributed by atoms with van der Waals surface area (Å²) in [6, 6.07) is 5.82. The van der Waals surface area contributed by atoms with Crippen molar-refractivity contribution in [2.75, 3.05) is 13.2 Å².